The van der Waals surface area contributed by atoms with Crippen molar-refractivity contribution in [2.24, 2.45) is 0 Å². The van der Waals surface area contributed by atoms with Crippen molar-refractivity contribution < 1.29 is 23.4 Å². The van der Waals surface area contributed by atoms with Crippen LogP contribution in [0, 0.1) is 13.8 Å². The molecular formula is C28H28N2O5. The third kappa shape index (κ3) is 4.71. The number of benzene rings is 2. The van der Waals surface area contributed by atoms with Gasteiger partial charge in [-0.2, -0.15) is 0 Å². The number of fused-ring (bicyclic) bond motifs is 1. The summed E-state index contributed by atoms with van der Waals surface area (Å²) in [6, 6.07) is 11.3. The summed E-state index contributed by atoms with van der Waals surface area (Å²) in [7, 11) is 4.86. The van der Waals surface area contributed by atoms with Crippen LogP contribution in [0.5, 0.6) is 17.2 Å². The SMILES string of the molecule is COc1ccc(OC)c(-c2coc3c(C)c(OC)c(/C(C)=C/C(=O)Nc4cc(C)ccn4)cc23)c1. The van der Waals surface area contributed by atoms with E-state index in [1.54, 1.807) is 39.9 Å². The first-order chi connectivity index (χ1) is 16.9. The molecule has 1 amide bonds. The van der Waals surface area contributed by atoms with E-state index in [9.17, 15) is 4.79 Å². The molecule has 0 aliphatic carbocycles. The van der Waals surface area contributed by atoms with Crippen LogP contribution in [0.4, 0.5) is 5.82 Å². The molecule has 4 rings (SSSR count). The van der Waals surface area contributed by atoms with Crippen LogP contribution in [0.1, 0.15) is 23.6 Å². The number of allylic oxidation sites excluding steroid dienone is 1. The Kier molecular flexibility index (Phi) is 6.78. The third-order valence-electron chi connectivity index (χ3n) is 5.88. The monoisotopic (exact) mass is 472 g/mol. The van der Waals surface area contributed by atoms with Gasteiger partial charge in [0.25, 0.3) is 0 Å². The van der Waals surface area contributed by atoms with Gasteiger partial charge >= 0.3 is 0 Å². The zero-order valence-electron chi connectivity index (χ0n) is 20.7. The maximum atomic E-state index is 12.7. The van der Waals surface area contributed by atoms with E-state index in [0.29, 0.717) is 28.6 Å². The van der Waals surface area contributed by atoms with Crippen LogP contribution >= 0.6 is 0 Å². The number of ether oxygens (including phenoxy) is 3. The number of aryl methyl sites for hydroxylation is 2. The zero-order valence-corrected chi connectivity index (χ0v) is 20.7. The van der Waals surface area contributed by atoms with Crippen LogP contribution in [0.2, 0.25) is 0 Å². The first kappa shape index (κ1) is 23.9. The highest BCUT2D eigenvalue weighted by atomic mass is 16.5. The first-order valence-corrected chi connectivity index (χ1v) is 11.1. The lowest BCUT2D eigenvalue weighted by atomic mass is 9.96. The molecule has 0 radical (unpaired) electrons. The molecule has 180 valence electrons. The van der Waals surface area contributed by atoms with E-state index in [1.165, 1.54) is 0 Å². The number of furan rings is 1. The molecule has 7 heteroatoms. The van der Waals surface area contributed by atoms with Crippen molar-refractivity contribution in [3.05, 3.63) is 71.6 Å². The number of methoxy groups -OCH3 is 3. The zero-order chi connectivity index (χ0) is 25.1. The Balaban J connectivity index is 1.81. The number of nitrogens with zero attached hydrogens (tertiary/aromatic N) is 1. The third-order valence-corrected chi connectivity index (χ3v) is 5.88. The van der Waals surface area contributed by atoms with Crippen LogP contribution in [-0.2, 0) is 4.79 Å². The average molecular weight is 473 g/mol. The number of nitrogens with one attached hydrogen (secondary N) is 1. The molecule has 0 fully saturated rings. The maximum Gasteiger partial charge on any atom is 0.249 e. The fourth-order valence-electron chi connectivity index (χ4n) is 4.15. The molecule has 0 spiro atoms. The van der Waals surface area contributed by atoms with Gasteiger partial charge in [0.15, 0.2) is 0 Å². The Bertz CT molecular complexity index is 1440. The Morgan fingerprint density at radius 1 is 1.00 bits per heavy atom. The Hall–Kier alpha value is -4.26. The van der Waals surface area contributed by atoms with Crippen LogP contribution < -0.4 is 19.5 Å². The molecule has 1 N–H and O–H groups in total. The van der Waals surface area contributed by atoms with Crippen LogP contribution in [0.3, 0.4) is 0 Å². The summed E-state index contributed by atoms with van der Waals surface area (Å²) in [5.41, 5.74) is 5.76. The average Bonchev–Trinajstić information content (AvgIpc) is 3.27. The smallest absolute Gasteiger partial charge is 0.249 e. The highest BCUT2D eigenvalue weighted by Gasteiger charge is 2.21. The molecule has 7 nitrogen and oxygen atoms in total. The highest BCUT2D eigenvalue weighted by molar-refractivity contribution is 6.05. The van der Waals surface area contributed by atoms with Gasteiger partial charge in [-0.05, 0) is 68.3 Å². The van der Waals surface area contributed by atoms with Gasteiger partial charge in [0.2, 0.25) is 5.91 Å². The summed E-state index contributed by atoms with van der Waals surface area (Å²) in [6.07, 6.45) is 4.90. The molecule has 0 aliphatic heterocycles. The molecule has 35 heavy (non-hydrogen) atoms. The number of carbonyl (C=O) groups is 1. The van der Waals surface area contributed by atoms with Crippen LogP contribution in [-0.4, -0.2) is 32.2 Å². The molecule has 2 heterocycles. The van der Waals surface area contributed by atoms with Gasteiger partial charge in [-0.25, -0.2) is 4.98 Å². The molecule has 0 saturated carbocycles. The Labute approximate surface area is 204 Å². The van der Waals surface area contributed by atoms with Crippen molar-refractivity contribution in [2.75, 3.05) is 26.6 Å². The predicted molar refractivity (Wildman–Crippen MR) is 137 cm³/mol. The van der Waals surface area contributed by atoms with Crippen molar-refractivity contribution >= 4 is 28.3 Å². The Morgan fingerprint density at radius 2 is 1.80 bits per heavy atom. The number of carbonyl (C=O) groups excluding carboxylic acids is 1. The van der Waals surface area contributed by atoms with Gasteiger partial charge in [-0.1, -0.05) is 0 Å². The normalized spacial score (nSPS) is 11.4. The van der Waals surface area contributed by atoms with E-state index in [0.717, 1.165) is 38.8 Å². The number of aromatic nitrogens is 1. The highest BCUT2D eigenvalue weighted by Crippen LogP contribution is 2.43. The van der Waals surface area contributed by atoms with Crippen LogP contribution in [0.25, 0.3) is 27.7 Å². The van der Waals surface area contributed by atoms with Gasteiger partial charge in [0.05, 0.1) is 27.6 Å². The number of amides is 1. The minimum atomic E-state index is -0.276. The molecule has 0 unspecified atom stereocenters. The molecule has 0 aliphatic rings. The van der Waals surface area contributed by atoms with E-state index in [2.05, 4.69) is 10.3 Å². The minimum Gasteiger partial charge on any atom is -0.497 e. The maximum absolute atomic E-state index is 12.7. The number of rotatable bonds is 7. The summed E-state index contributed by atoms with van der Waals surface area (Å²) < 4.78 is 22.7. The van der Waals surface area contributed by atoms with Crippen LogP contribution in [0.15, 0.2) is 59.4 Å². The van der Waals surface area contributed by atoms with Crippen molar-refractivity contribution in [3.8, 4) is 28.4 Å². The van der Waals surface area contributed by atoms with E-state index >= 15 is 0 Å². The van der Waals surface area contributed by atoms with E-state index in [1.807, 2.05) is 57.2 Å². The molecule has 0 bridgehead atoms. The summed E-state index contributed by atoms with van der Waals surface area (Å²) >= 11 is 0. The van der Waals surface area contributed by atoms with Gasteiger partial charge < -0.3 is 23.9 Å². The summed E-state index contributed by atoms with van der Waals surface area (Å²) in [5, 5.41) is 3.69. The lowest BCUT2D eigenvalue weighted by Gasteiger charge is -2.14. The second kappa shape index (κ2) is 9.93. The summed E-state index contributed by atoms with van der Waals surface area (Å²) in [6.45, 7) is 5.75. The summed E-state index contributed by atoms with van der Waals surface area (Å²) in [5.74, 6) is 2.27. The Morgan fingerprint density at radius 3 is 2.49 bits per heavy atom. The van der Waals surface area contributed by atoms with E-state index < -0.39 is 0 Å². The number of pyridine rings is 1. The quantitative estimate of drug-likeness (QED) is 0.324. The number of anilines is 1. The molecule has 4 aromatic rings. The lowest BCUT2D eigenvalue weighted by Crippen LogP contribution is -2.10. The summed E-state index contributed by atoms with van der Waals surface area (Å²) in [4.78, 5) is 16.9. The first-order valence-electron chi connectivity index (χ1n) is 11.1. The number of hydrogen-bond acceptors (Lipinski definition) is 6. The second-order valence-electron chi connectivity index (χ2n) is 8.21. The standard InChI is InChI=1S/C28H28N2O5/c1-16-9-10-29-25(11-16)30-26(31)12-17(2)20-14-22-23(15-35-28(22)18(3)27(20)34-6)21-13-19(32-4)7-8-24(21)33-5/h7-15H,1-6H3,(H,29,30,31)/b17-12+. The van der Waals surface area contributed by atoms with Crippen molar-refractivity contribution in [1.29, 1.82) is 0 Å². The van der Waals surface area contributed by atoms with Gasteiger partial charge in [0.1, 0.15) is 28.6 Å². The largest absolute Gasteiger partial charge is 0.497 e. The fraction of sp³-hybridized carbons (Fsp3) is 0.214. The van der Waals surface area contributed by atoms with Crippen molar-refractivity contribution in [2.45, 2.75) is 20.8 Å². The predicted octanol–water partition coefficient (Wildman–Crippen LogP) is 6.18. The second-order valence-corrected chi connectivity index (χ2v) is 8.21. The van der Waals surface area contributed by atoms with E-state index in [4.69, 9.17) is 18.6 Å². The molecule has 0 saturated heterocycles. The van der Waals surface area contributed by atoms with Gasteiger partial charge in [-0.3, -0.25) is 4.79 Å². The molecule has 0 atom stereocenters. The van der Waals surface area contributed by atoms with E-state index in [-0.39, 0.29) is 5.91 Å². The van der Waals surface area contributed by atoms with Gasteiger partial charge in [0, 0.05) is 39.9 Å². The molecular weight excluding hydrogens is 444 g/mol. The molecule has 2 aromatic carbocycles. The number of hydrogen-bond donors (Lipinski definition) is 1. The van der Waals surface area contributed by atoms with Crippen molar-refractivity contribution in [1.82, 2.24) is 4.98 Å². The topological polar surface area (TPSA) is 82.8 Å². The lowest BCUT2D eigenvalue weighted by molar-refractivity contribution is -0.111. The van der Waals surface area contributed by atoms with Crippen molar-refractivity contribution in [3.63, 3.8) is 0 Å². The van der Waals surface area contributed by atoms with Gasteiger partial charge in [-0.15, -0.1) is 0 Å². The minimum absolute atomic E-state index is 0.276. The fourth-order valence-corrected chi connectivity index (χ4v) is 4.15. The molecule has 2 aromatic heterocycles.